The van der Waals surface area contributed by atoms with E-state index < -0.39 is 0 Å². The maximum atomic E-state index is 11.6. The van der Waals surface area contributed by atoms with Gasteiger partial charge in [-0.1, -0.05) is 13.8 Å². The number of aromatic nitrogens is 2. The Kier molecular flexibility index (Phi) is 3.31. The first-order valence-electron chi connectivity index (χ1n) is 4.79. The molecule has 1 aromatic rings. The van der Waals surface area contributed by atoms with Gasteiger partial charge in [0.1, 0.15) is 0 Å². The van der Waals surface area contributed by atoms with Crippen LogP contribution in [0.4, 0.5) is 5.95 Å². The highest BCUT2D eigenvalue weighted by Crippen LogP contribution is 2.22. The third-order valence-electron chi connectivity index (χ3n) is 2.36. The third kappa shape index (κ3) is 2.27. The average molecular weight is 212 g/mol. The summed E-state index contributed by atoms with van der Waals surface area (Å²) in [6.07, 6.45) is 0.760. The summed E-state index contributed by atoms with van der Waals surface area (Å²) in [6.45, 7) is 3.80. The van der Waals surface area contributed by atoms with Crippen molar-refractivity contribution in [3.8, 4) is 5.88 Å². The first-order chi connectivity index (χ1) is 6.97. The van der Waals surface area contributed by atoms with Crippen LogP contribution in [0.3, 0.4) is 0 Å². The number of aromatic hydroxyl groups is 1. The lowest BCUT2D eigenvalue weighted by Crippen LogP contribution is -2.30. The van der Waals surface area contributed by atoms with Crippen molar-refractivity contribution in [1.29, 1.82) is 0 Å². The van der Waals surface area contributed by atoms with E-state index in [-0.39, 0.29) is 23.3 Å². The number of hydrogen-bond acceptors (Lipinski definition) is 5. The molecule has 0 fully saturated rings. The largest absolute Gasteiger partial charge is 0.493 e. The molecule has 0 saturated heterocycles. The molecule has 4 N–H and O–H groups in total. The van der Waals surface area contributed by atoms with Gasteiger partial charge in [-0.05, 0) is 12.3 Å². The molecule has 1 heterocycles. The predicted octanol–water partition coefficient (Wildman–Crippen LogP) is 0.299. The van der Waals surface area contributed by atoms with Crippen LogP contribution < -0.4 is 16.4 Å². The van der Waals surface area contributed by atoms with E-state index in [1.807, 2.05) is 13.8 Å². The number of nitrogens with zero attached hydrogens (tertiary/aromatic N) is 2. The van der Waals surface area contributed by atoms with E-state index in [0.29, 0.717) is 5.56 Å². The fourth-order valence-electron chi connectivity index (χ4n) is 1.27. The Morgan fingerprint density at radius 1 is 1.67 bits per heavy atom. The van der Waals surface area contributed by atoms with Gasteiger partial charge in [0.05, 0.1) is 5.56 Å². The number of hydrazine groups is 1. The van der Waals surface area contributed by atoms with Crippen molar-refractivity contribution in [2.45, 2.75) is 26.2 Å². The molecular weight excluding hydrogens is 196 g/mol. The summed E-state index contributed by atoms with van der Waals surface area (Å²) < 4.78 is 0. The normalized spacial score (nSPS) is 12.5. The molecule has 84 valence electrons. The summed E-state index contributed by atoms with van der Waals surface area (Å²) in [7, 11) is 1.53. The zero-order valence-corrected chi connectivity index (χ0v) is 9.11. The van der Waals surface area contributed by atoms with Crippen LogP contribution >= 0.6 is 0 Å². The molecule has 0 spiro atoms. The van der Waals surface area contributed by atoms with Crippen LogP contribution in [0.25, 0.3) is 0 Å². The Morgan fingerprint density at radius 3 is 2.67 bits per heavy atom. The number of H-pyrrole nitrogens is 1. The van der Waals surface area contributed by atoms with Crippen molar-refractivity contribution in [2.24, 2.45) is 5.84 Å². The summed E-state index contributed by atoms with van der Waals surface area (Å²) in [5, 5.41) is 10.7. The Labute approximate surface area is 87.7 Å². The van der Waals surface area contributed by atoms with Crippen LogP contribution in [0.1, 0.15) is 31.7 Å². The summed E-state index contributed by atoms with van der Waals surface area (Å²) in [5.41, 5.74) is -0.0350. The van der Waals surface area contributed by atoms with Gasteiger partial charge in [0.2, 0.25) is 11.8 Å². The second-order valence-electron chi connectivity index (χ2n) is 3.55. The van der Waals surface area contributed by atoms with Crippen molar-refractivity contribution < 1.29 is 5.11 Å². The molecule has 0 radical (unpaired) electrons. The molecular formula is C9H16N4O2. The maximum Gasteiger partial charge on any atom is 0.259 e. The minimum atomic E-state index is -0.343. The molecule has 6 nitrogen and oxygen atoms in total. The fraction of sp³-hybridized carbons (Fsp3) is 0.556. The Bertz CT molecular complexity index is 400. The van der Waals surface area contributed by atoms with Crippen molar-refractivity contribution in [3.63, 3.8) is 0 Å². The first kappa shape index (κ1) is 11.5. The minimum absolute atomic E-state index is 0.0293. The van der Waals surface area contributed by atoms with Gasteiger partial charge >= 0.3 is 0 Å². The molecule has 0 aliphatic heterocycles. The van der Waals surface area contributed by atoms with E-state index in [1.54, 1.807) is 0 Å². The van der Waals surface area contributed by atoms with Crippen molar-refractivity contribution >= 4 is 5.95 Å². The van der Waals surface area contributed by atoms with Crippen molar-refractivity contribution in [2.75, 3.05) is 12.1 Å². The molecule has 0 aromatic carbocycles. The SMILES string of the molecule is CCC(C)c1c(O)nc(N(C)N)[nH]c1=O. The van der Waals surface area contributed by atoms with Gasteiger partial charge in [-0.3, -0.25) is 14.8 Å². The van der Waals surface area contributed by atoms with Crippen LogP contribution in [0, 0.1) is 0 Å². The van der Waals surface area contributed by atoms with Crippen LogP contribution in [0.5, 0.6) is 5.88 Å². The van der Waals surface area contributed by atoms with E-state index in [9.17, 15) is 9.90 Å². The lowest BCUT2D eigenvalue weighted by molar-refractivity contribution is 0.436. The second-order valence-corrected chi connectivity index (χ2v) is 3.55. The van der Waals surface area contributed by atoms with Gasteiger partial charge in [-0.2, -0.15) is 4.98 Å². The second kappa shape index (κ2) is 4.31. The minimum Gasteiger partial charge on any atom is -0.493 e. The first-order valence-corrected chi connectivity index (χ1v) is 4.79. The van der Waals surface area contributed by atoms with Crippen molar-refractivity contribution in [3.05, 3.63) is 15.9 Å². The smallest absolute Gasteiger partial charge is 0.259 e. The van der Waals surface area contributed by atoms with Gasteiger partial charge in [-0.15, -0.1) is 0 Å². The summed E-state index contributed by atoms with van der Waals surface area (Å²) in [6, 6.07) is 0. The Morgan fingerprint density at radius 2 is 2.27 bits per heavy atom. The Hall–Kier alpha value is -1.56. The van der Waals surface area contributed by atoms with Gasteiger partial charge in [0, 0.05) is 7.05 Å². The Balaban J connectivity index is 3.28. The zero-order chi connectivity index (χ0) is 11.6. The van der Waals surface area contributed by atoms with E-state index in [4.69, 9.17) is 5.84 Å². The molecule has 1 atom stereocenters. The molecule has 0 bridgehead atoms. The number of nitrogens with one attached hydrogen (secondary N) is 1. The van der Waals surface area contributed by atoms with E-state index in [2.05, 4.69) is 9.97 Å². The zero-order valence-electron chi connectivity index (χ0n) is 9.11. The highest BCUT2D eigenvalue weighted by Gasteiger charge is 2.16. The molecule has 1 unspecified atom stereocenters. The quantitative estimate of drug-likeness (QED) is 0.494. The van der Waals surface area contributed by atoms with E-state index in [0.717, 1.165) is 11.4 Å². The number of hydrogen-bond donors (Lipinski definition) is 3. The van der Waals surface area contributed by atoms with Crippen LogP contribution in [0.15, 0.2) is 4.79 Å². The molecule has 6 heteroatoms. The number of rotatable bonds is 3. The maximum absolute atomic E-state index is 11.6. The molecule has 0 aliphatic carbocycles. The fourth-order valence-corrected chi connectivity index (χ4v) is 1.27. The van der Waals surface area contributed by atoms with Gasteiger partial charge in [-0.25, -0.2) is 5.84 Å². The third-order valence-corrected chi connectivity index (χ3v) is 2.36. The summed E-state index contributed by atoms with van der Waals surface area (Å²) >= 11 is 0. The van der Waals surface area contributed by atoms with Crippen LogP contribution in [0.2, 0.25) is 0 Å². The molecule has 1 aromatic heterocycles. The van der Waals surface area contributed by atoms with Crippen LogP contribution in [-0.2, 0) is 0 Å². The lowest BCUT2D eigenvalue weighted by Gasteiger charge is -2.13. The monoisotopic (exact) mass is 212 g/mol. The average Bonchev–Trinajstić information content (AvgIpc) is 2.16. The highest BCUT2D eigenvalue weighted by molar-refractivity contribution is 5.34. The number of anilines is 1. The molecule has 15 heavy (non-hydrogen) atoms. The van der Waals surface area contributed by atoms with Crippen LogP contribution in [-0.4, -0.2) is 22.1 Å². The standard InChI is InChI=1S/C9H16N4O2/c1-4-5(2)6-7(14)11-9(13(3)10)12-8(6)15/h5H,4,10H2,1-3H3,(H2,11,12,14,15). The van der Waals surface area contributed by atoms with Gasteiger partial charge in [0.15, 0.2) is 0 Å². The summed E-state index contributed by atoms with van der Waals surface area (Å²) in [5.74, 6) is 5.26. The molecule has 0 saturated carbocycles. The number of nitrogens with two attached hydrogens (primary N) is 1. The lowest BCUT2D eigenvalue weighted by atomic mass is 10.0. The van der Waals surface area contributed by atoms with Gasteiger partial charge < -0.3 is 5.11 Å². The predicted molar refractivity (Wildman–Crippen MR) is 57.8 cm³/mol. The van der Waals surface area contributed by atoms with E-state index in [1.165, 1.54) is 7.05 Å². The molecule has 0 aliphatic rings. The number of aromatic amines is 1. The van der Waals surface area contributed by atoms with Gasteiger partial charge in [0.25, 0.3) is 5.56 Å². The highest BCUT2D eigenvalue weighted by atomic mass is 16.3. The molecule has 0 amide bonds. The molecule has 1 rings (SSSR count). The topological polar surface area (TPSA) is 95.2 Å². The van der Waals surface area contributed by atoms with Crippen molar-refractivity contribution in [1.82, 2.24) is 9.97 Å². The van der Waals surface area contributed by atoms with E-state index >= 15 is 0 Å². The summed E-state index contributed by atoms with van der Waals surface area (Å²) in [4.78, 5) is 17.9.